The van der Waals surface area contributed by atoms with Crippen LogP contribution in [0.5, 0.6) is 0 Å². The minimum absolute atomic E-state index is 0.113. The lowest BCUT2D eigenvalue weighted by atomic mass is 10.1. The first kappa shape index (κ1) is 17.5. The van der Waals surface area contributed by atoms with Gasteiger partial charge >= 0.3 is 0 Å². The molecule has 1 aliphatic heterocycles. The van der Waals surface area contributed by atoms with E-state index in [2.05, 4.69) is 22.1 Å². The van der Waals surface area contributed by atoms with Gasteiger partial charge in [0, 0.05) is 31.4 Å². The van der Waals surface area contributed by atoms with E-state index in [9.17, 15) is 4.79 Å². The quantitative estimate of drug-likeness (QED) is 0.924. The molecular weight excluding hydrogens is 318 g/mol. The number of furan rings is 1. The molecule has 134 valence electrons. The Morgan fingerprint density at radius 3 is 2.72 bits per heavy atom. The van der Waals surface area contributed by atoms with E-state index in [1.807, 2.05) is 39.1 Å². The van der Waals surface area contributed by atoms with Crippen LogP contribution in [0.15, 0.2) is 22.7 Å². The molecule has 0 aromatic carbocycles. The summed E-state index contributed by atoms with van der Waals surface area (Å²) in [5.41, 5.74) is 2.49. The Balaban J connectivity index is 1.61. The number of anilines is 1. The van der Waals surface area contributed by atoms with Crippen molar-refractivity contribution in [1.82, 2.24) is 10.3 Å². The molecular formula is C19H25N3O3. The lowest BCUT2D eigenvalue weighted by Crippen LogP contribution is -2.41. The SMILES string of the molecule is Cc1oc(C)c(C(=O)NCc2ccc(N3CCO[C@@H](C)C3)nc2)c1C. The molecule has 1 saturated heterocycles. The largest absolute Gasteiger partial charge is 0.466 e. The van der Waals surface area contributed by atoms with Crippen molar-refractivity contribution in [2.45, 2.75) is 40.3 Å². The van der Waals surface area contributed by atoms with E-state index in [4.69, 9.17) is 9.15 Å². The van der Waals surface area contributed by atoms with Crippen LogP contribution >= 0.6 is 0 Å². The predicted molar refractivity (Wildman–Crippen MR) is 96.0 cm³/mol. The molecule has 6 heteroatoms. The zero-order chi connectivity index (χ0) is 18.0. The third-order valence-corrected chi connectivity index (χ3v) is 4.62. The number of ether oxygens (including phenoxy) is 1. The van der Waals surface area contributed by atoms with Gasteiger partial charge in [-0.25, -0.2) is 4.98 Å². The Kier molecular flexibility index (Phi) is 5.08. The van der Waals surface area contributed by atoms with Crippen LogP contribution in [0.1, 0.15) is 39.9 Å². The minimum atomic E-state index is -0.113. The Morgan fingerprint density at radius 1 is 1.32 bits per heavy atom. The summed E-state index contributed by atoms with van der Waals surface area (Å²) in [6.45, 7) is 10.5. The fourth-order valence-electron chi connectivity index (χ4n) is 3.13. The number of amides is 1. The van der Waals surface area contributed by atoms with E-state index in [-0.39, 0.29) is 12.0 Å². The number of hydrogen-bond donors (Lipinski definition) is 1. The van der Waals surface area contributed by atoms with Gasteiger partial charge in [-0.1, -0.05) is 6.07 Å². The van der Waals surface area contributed by atoms with Crippen molar-refractivity contribution in [1.29, 1.82) is 0 Å². The van der Waals surface area contributed by atoms with E-state index >= 15 is 0 Å². The van der Waals surface area contributed by atoms with Crippen molar-refractivity contribution in [2.75, 3.05) is 24.6 Å². The number of aryl methyl sites for hydroxylation is 2. The standard InChI is InChI=1S/C19H25N3O3/c1-12-11-22(7-8-24-12)17-6-5-16(9-20-17)10-21-19(23)18-13(2)14(3)25-15(18)4/h5-6,9,12H,7-8,10-11H2,1-4H3,(H,21,23)/t12-/m0/s1. The molecule has 1 atom stereocenters. The van der Waals surface area contributed by atoms with Crippen LogP contribution in [0.3, 0.4) is 0 Å². The molecule has 0 bridgehead atoms. The summed E-state index contributed by atoms with van der Waals surface area (Å²) in [6.07, 6.45) is 2.04. The van der Waals surface area contributed by atoms with Gasteiger partial charge in [0.25, 0.3) is 5.91 Å². The number of nitrogens with zero attached hydrogens (tertiary/aromatic N) is 2. The molecule has 3 rings (SSSR count). The Labute approximate surface area is 148 Å². The number of hydrogen-bond acceptors (Lipinski definition) is 5. The summed E-state index contributed by atoms with van der Waals surface area (Å²) in [7, 11) is 0. The summed E-state index contributed by atoms with van der Waals surface area (Å²) in [4.78, 5) is 19.2. The van der Waals surface area contributed by atoms with Crippen molar-refractivity contribution >= 4 is 11.7 Å². The number of morpholine rings is 1. The topological polar surface area (TPSA) is 67.6 Å². The average molecular weight is 343 g/mol. The number of carbonyl (C=O) groups excluding carboxylic acids is 1. The second-order valence-corrected chi connectivity index (χ2v) is 6.55. The molecule has 25 heavy (non-hydrogen) atoms. The van der Waals surface area contributed by atoms with Gasteiger partial charge in [-0.05, 0) is 39.3 Å². The second-order valence-electron chi connectivity index (χ2n) is 6.55. The Bertz CT molecular complexity index is 752. The number of rotatable bonds is 4. The fraction of sp³-hybridized carbons (Fsp3) is 0.474. The third kappa shape index (κ3) is 3.85. The summed E-state index contributed by atoms with van der Waals surface area (Å²) in [5, 5.41) is 2.94. The van der Waals surface area contributed by atoms with Crippen molar-refractivity contribution in [3.63, 3.8) is 0 Å². The molecule has 6 nitrogen and oxygen atoms in total. The van der Waals surface area contributed by atoms with Gasteiger partial charge in [-0.2, -0.15) is 0 Å². The van der Waals surface area contributed by atoms with Crippen molar-refractivity contribution in [3.8, 4) is 0 Å². The molecule has 3 heterocycles. The Hall–Kier alpha value is -2.34. The first-order chi connectivity index (χ1) is 12.0. The molecule has 0 spiro atoms. The van der Waals surface area contributed by atoms with Crippen LogP contribution in [0.2, 0.25) is 0 Å². The first-order valence-electron chi connectivity index (χ1n) is 8.62. The van der Waals surface area contributed by atoms with Gasteiger partial charge in [0.1, 0.15) is 17.3 Å². The third-order valence-electron chi connectivity index (χ3n) is 4.62. The molecule has 1 amide bonds. The number of nitrogens with one attached hydrogen (secondary N) is 1. The van der Waals surface area contributed by atoms with Gasteiger partial charge < -0.3 is 19.4 Å². The van der Waals surface area contributed by atoms with E-state index < -0.39 is 0 Å². The summed E-state index contributed by atoms with van der Waals surface area (Å²) in [5.74, 6) is 2.27. The maximum absolute atomic E-state index is 12.4. The van der Waals surface area contributed by atoms with Gasteiger partial charge in [0.15, 0.2) is 0 Å². The van der Waals surface area contributed by atoms with Crippen LogP contribution in [-0.4, -0.2) is 36.7 Å². The molecule has 0 saturated carbocycles. The monoisotopic (exact) mass is 343 g/mol. The summed E-state index contributed by atoms with van der Waals surface area (Å²) in [6, 6.07) is 4.00. The first-order valence-corrected chi connectivity index (χ1v) is 8.62. The fourth-order valence-corrected chi connectivity index (χ4v) is 3.13. The van der Waals surface area contributed by atoms with E-state index in [1.165, 1.54) is 0 Å². The van der Waals surface area contributed by atoms with Gasteiger partial charge in [0.05, 0.1) is 18.3 Å². The molecule has 0 unspecified atom stereocenters. The molecule has 1 N–H and O–H groups in total. The highest BCUT2D eigenvalue weighted by atomic mass is 16.5. The minimum Gasteiger partial charge on any atom is -0.466 e. The van der Waals surface area contributed by atoms with Crippen molar-refractivity contribution < 1.29 is 13.9 Å². The van der Waals surface area contributed by atoms with Crippen LogP contribution in [0.25, 0.3) is 0 Å². The Morgan fingerprint density at radius 2 is 2.12 bits per heavy atom. The van der Waals surface area contributed by atoms with Crippen molar-refractivity contribution in [3.05, 3.63) is 46.5 Å². The highest BCUT2D eigenvalue weighted by molar-refractivity contribution is 5.96. The predicted octanol–water partition coefficient (Wildman–Crippen LogP) is 2.75. The van der Waals surface area contributed by atoms with E-state index in [0.29, 0.717) is 17.9 Å². The average Bonchev–Trinajstić information content (AvgIpc) is 2.85. The van der Waals surface area contributed by atoms with Gasteiger partial charge in [0.2, 0.25) is 0 Å². The van der Waals surface area contributed by atoms with Crippen LogP contribution in [0, 0.1) is 20.8 Å². The normalized spacial score (nSPS) is 17.6. The van der Waals surface area contributed by atoms with E-state index in [0.717, 1.165) is 42.4 Å². The van der Waals surface area contributed by atoms with Gasteiger partial charge in [-0.3, -0.25) is 4.79 Å². The van der Waals surface area contributed by atoms with E-state index in [1.54, 1.807) is 0 Å². The lowest BCUT2D eigenvalue weighted by molar-refractivity contribution is 0.0529. The van der Waals surface area contributed by atoms with Gasteiger partial charge in [-0.15, -0.1) is 0 Å². The summed E-state index contributed by atoms with van der Waals surface area (Å²) < 4.78 is 11.1. The lowest BCUT2D eigenvalue weighted by Gasteiger charge is -2.32. The molecule has 2 aromatic heterocycles. The number of carbonyl (C=O) groups is 1. The maximum atomic E-state index is 12.4. The maximum Gasteiger partial charge on any atom is 0.255 e. The summed E-state index contributed by atoms with van der Waals surface area (Å²) >= 11 is 0. The van der Waals surface area contributed by atoms with Crippen molar-refractivity contribution in [2.24, 2.45) is 0 Å². The zero-order valence-electron chi connectivity index (χ0n) is 15.3. The smallest absolute Gasteiger partial charge is 0.255 e. The molecule has 2 aromatic rings. The molecule has 0 aliphatic carbocycles. The number of pyridine rings is 1. The van der Waals surface area contributed by atoms with Crippen LogP contribution in [0.4, 0.5) is 5.82 Å². The molecule has 1 aliphatic rings. The highest BCUT2D eigenvalue weighted by Crippen LogP contribution is 2.20. The second kappa shape index (κ2) is 7.27. The number of aromatic nitrogens is 1. The zero-order valence-corrected chi connectivity index (χ0v) is 15.3. The van der Waals surface area contributed by atoms with Crippen LogP contribution in [-0.2, 0) is 11.3 Å². The van der Waals surface area contributed by atoms with Crippen LogP contribution < -0.4 is 10.2 Å². The molecule has 1 fully saturated rings. The molecule has 0 radical (unpaired) electrons. The highest BCUT2D eigenvalue weighted by Gasteiger charge is 2.19.